The quantitative estimate of drug-likeness (QED) is 0.674. The summed E-state index contributed by atoms with van der Waals surface area (Å²) in [6.45, 7) is 4.40. The molecular weight excluding hydrogens is 312 g/mol. The van der Waals surface area contributed by atoms with Gasteiger partial charge in [-0.25, -0.2) is 0 Å². The Labute approximate surface area is 124 Å². The zero-order chi connectivity index (χ0) is 13.5. The molecule has 0 bridgehead atoms. The molecule has 1 rings (SSSR count). The maximum Gasteiger partial charge on any atom is 0.0793 e. The van der Waals surface area contributed by atoms with Crippen molar-refractivity contribution in [3.63, 3.8) is 0 Å². The van der Waals surface area contributed by atoms with Gasteiger partial charge >= 0.3 is 0 Å². The predicted molar refractivity (Wildman–Crippen MR) is 82.0 cm³/mol. The molecule has 0 radical (unpaired) electrons. The number of aliphatic hydroxyl groups is 1. The second-order valence-corrected chi connectivity index (χ2v) is 6.22. The van der Waals surface area contributed by atoms with Gasteiger partial charge in [0.1, 0.15) is 0 Å². The third kappa shape index (κ3) is 5.29. The maximum atomic E-state index is 10.3. The Morgan fingerprint density at radius 1 is 1.28 bits per heavy atom. The smallest absolute Gasteiger partial charge is 0.0793 e. The first-order valence-electron chi connectivity index (χ1n) is 6.70. The molecule has 0 aliphatic carbocycles. The highest BCUT2D eigenvalue weighted by Gasteiger charge is 2.15. The molecule has 0 amide bonds. The van der Waals surface area contributed by atoms with Crippen molar-refractivity contribution in [3.8, 4) is 0 Å². The first-order valence-corrected chi connectivity index (χ1v) is 7.88. The summed E-state index contributed by atoms with van der Waals surface area (Å²) in [4.78, 5) is 0. The van der Waals surface area contributed by atoms with Crippen molar-refractivity contribution >= 4 is 27.5 Å². The van der Waals surface area contributed by atoms with E-state index in [-0.39, 0.29) is 0 Å². The van der Waals surface area contributed by atoms with E-state index in [2.05, 4.69) is 29.8 Å². The van der Waals surface area contributed by atoms with Crippen molar-refractivity contribution in [2.24, 2.45) is 5.92 Å². The Kier molecular flexibility index (Phi) is 7.28. The lowest BCUT2D eigenvalue weighted by Gasteiger charge is -2.19. The first kappa shape index (κ1) is 16.0. The summed E-state index contributed by atoms with van der Waals surface area (Å²) in [6.07, 6.45) is 5.19. The number of halogens is 2. The van der Waals surface area contributed by atoms with Gasteiger partial charge in [0.05, 0.1) is 6.10 Å². The van der Waals surface area contributed by atoms with Crippen LogP contribution in [0.25, 0.3) is 0 Å². The second-order valence-electron chi connectivity index (χ2n) is 4.87. The fourth-order valence-electron chi connectivity index (χ4n) is 2.20. The normalized spacial score (nSPS) is 14.5. The van der Waals surface area contributed by atoms with E-state index in [4.69, 9.17) is 11.6 Å². The topological polar surface area (TPSA) is 20.2 Å². The van der Waals surface area contributed by atoms with E-state index in [1.54, 1.807) is 0 Å². The van der Waals surface area contributed by atoms with Gasteiger partial charge in [-0.1, -0.05) is 67.1 Å². The van der Waals surface area contributed by atoms with Crippen LogP contribution < -0.4 is 0 Å². The molecule has 1 aromatic carbocycles. The Balaban J connectivity index is 2.65. The molecule has 1 aromatic rings. The molecule has 0 heterocycles. The predicted octanol–water partition coefficient (Wildman–Crippen LogP) is 5.74. The summed E-state index contributed by atoms with van der Waals surface area (Å²) in [5, 5.41) is 11.0. The zero-order valence-corrected chi connectivity index (χ0v) is 13.5. The van der Waals surface area contributed by atoms with Crippen LogP contribution in [0.15, 0.2) is 22.7 Å². The van der Waals surface area contributed by atoms with Gasteiger partial charge in [0, 0.05) is 9.50 Å². The van der Waals surface area contributed by atoms with Crippen LogP contribution in [0.2, 0.25) is 5.02 Å². The van der Waals surface area contributed by atoms with Crippen LogP contribution in [0.5, 0.6) is 0 Å². The first-order chi connectivity index (χ1) is 8.56. The van der Waals surface area contributed by atoms with Crippen molar-refractivity contribution in [2.45, 2.75) is 52.1 Å². The Bertz CT molecular complexity index is 347. The molecule has 3 heteroatoms. The van der Waals surface area contributed by atoms with Crippen LogP contribution in [0.1, 0.15) is 57.6 Å². The van der Waals surface area contributed by atoms with Crippen LogP contribution in [0, 0.1) is 5.92 Å². The van der Waals surface area contributed by atoms with Gasteiger partial charge in [0.25, 0.3) is 0 Å². The molecule has 2 atom stereocenters. The molecule has 0 aliphatic heterocycles. The number of rotatable bonds is 7. The summed E-state index contributed by atoms with van der Waals surface area (Å²) in [5.74, 6) is 0.595. The van der Waals surface area contributed by atoms with E-state index >= 15 is 0 Å². The number of hydrogen-bond acceptors (Lipinski definition) is 1. The highest BCUT2D eigenvalue weighted by atomic mass is 79.9. The molecular formula is C15H22BrClO. The summed E-state index contributed by atoms with van der Waals surface area (Å²) in [5.41, 5.74) is 0.907. The summed E-state index contributed by atoms with van der Waals surface area (Å²) in [7, 11) is 0. The molecule has 102 valence electrons. The third-order valence-electron chi connectivity index (χ3n) is 3.37. The second kappa shape index (κ2) is 8.19. The molecule has 0 saturated carbocycles. The Morgan fingerprint density at radius 2 is 2.00 bits per heavy atom. The molecule has 2 unspecified atom stereocenters. The molecule has 18 heavy (non-hydrogen) atoms. The lowest BCUT2D eigenvalue weighted by molar-refractivity contribution is 0.139. The molecule has 1 N–H and O–H groups in total. The average Bonchev–Trinajstić information content (AvgIpc) is 2.32. The highest BCUT2D eigenvalue weighted by Crippen LogP contribution is 2.30. The van der Waals surface area contributed by atoms with E-state index in [1.165, 1.54) is 19.3 Å². The molecule has 0 fully saturated rings. The number of unbranched alkanes of at least 4 members (excludes halogenated alkanes) is 1. The SMILES string of the molecule is CCCCC(CC)CC(O)c1cc(Cl)cc(Br)c1. The highest BCUT2D eigenvalue weighted by molar-refractivity contribution is 9.10. The fourth-order valence-corrected chi connectivity index (χ4v) is 3.09. The number of benzene rings is 1. The third-order valence-corrected chi connectivity index (χ3v) is 4.05. The van der Waals surface area contributed by atoms with Crippen LogP contribution in [-0.2, 0) is 0 Å². The van der Waals surface area contributed by atoms with Crippen molar-refractivity contribution < 1.29 is 5.11 Å². The van der Waals surface area contributed by atoms with Crippen LogP contribution in [0.4, 0.5) is 0 Å². The van der Waals surface area contributed by atoms with Crippen LogP contribution >= 0.6 is 27.5 Å². The van der Waals surface area contributed by atoms with E-state index in [0.717, 1.165) is 22.9 Å². The Morgan fingerprint density at radius 3 is 2.56 bits per heavy atom. The van der Waals surface area contributed by atoms with Gasteiger partial charge < -0.3 is 5.11 Å². The molecule has 0 aliphatic rings. The van der Waals surface area contributed by atoms with Gasteiger partial charge in [-0.15, -0.1) is 0 Å². The van der Waals surface area contributed by atoms with Gasteiger partial charge in [0.2, 0.25) is 0 Å². The molecule has 0 aromatic heterocycles. The molecule has 0 saturated heterocycles. The summed E-state index contributed by atoms with van der Waals surface area (Å²) in [6, 6.07) is 5.64. The van der Waals surface area contributed by atoms with Gasteiger partial charge in [-0.2, -0.15) is 0 Å². The number of hydrogen-bond donors (Lipinski definition) is 1. The van der Waals surface area contributed by atoms with Crippen molar-refractivity contribution in [3.05, 3.63) is 33.3 Å². The Hall–Kier alpha value is -0.0500. The largest absolute Gasteiger partial charge is 0.388 e. The maximum absolute atomic E-state index is 10.3. The van der Waals surface area contributed by atoms with Gasteiger partial charge in [-0.05, 0) is 36.1 Å². The minimum atomic E-state index is -0.415. The van der Waals surface area contributed by atoms with E-state index in [0.29, 0.717) is 10.9 Å². The number of aliphatic hydroxyl groups excluding tert-OH is 1. The monoisotopic (exact) mass is 332 g/mol. The van der Waals surface area contributed by atoms with E-state index in [9.17, 15) is 5.11 Å². The van der Waals surface area contributed by atoms with E-state index in [1.807, 2.05) is 18.2 Å². The lowest BCUT2D eigenvalue weighted by Crippen LogP contribution is -2.07. The lowest BCUT2D eigenvalue weighted by atomic mass is 9.91. The minimum Gasteiger partial charge on any atom is -0.388 e. The zero-order valence-electron chi connectivity index (χ0n) is 11.1. The fraction of sp³-hybridized carbons (Fsp3) is 0.600. The van der Waals surface area contributed by atoms with Gasteiger partial charge in [-0.3, -0.25) is 0 Å². The van der Waals surface area contributed by atoms with Crippen molar-refractivity contribution in [1.82, 2.24) is 0 Å². The minimum absolute atomic E-state index is 0.415. The van der Waals surface area contributed by atoms with Gasteiger partial charge in [0.15, 0.2) is 0 Å². The van der Waals surface area contributed by atoms with E-state index < -0.39 is 6.10 Å². The van der Waals surface area contributed by atoms with Crippen LogP contribution in [0.3, 0.4) is 0 Å². The standard InChI is InChI=1S/C15H22BrClO/c1-3-5-6-11(4-2)7-15(18)12-8-13(16)10-14(17)9-12/h8-11,15,18H,3-7H2,1-2H3. The average molecular weight is 334 g/mol. The van der Waals surface area contributed by atoms with Crippen LogP contribution in [-0.4, -0.2) is 5.11 Å². The molecule has 0 spiro atoms. The molecule has 1 nitrogen and oxygen atoms in total. The summed E-state index contributed by atoms with van der Waals surface area (Å²) >= 11 is 9.42. The van der Waals surface area contributed by atoms with Crippen molar-refractivity contribution in [1.29, 1.82) is 0 Å². The van der Waals surface area contributed by atoms with Crippen molar-refractivity contribution in [2.75, 3.05) is 0 Å². The summed E-state index contributed by atoms with van der Waals surface area (Å²) < 4.78 is 0.922.